The van der Waals surface area contributed by atoms with Crippen molar-refractivity contribution in [3.8, 4) is 0 Å². The maximum atomic E-state index is 13.1. The predicted molar refractivity (Wildman–Crippen MR) is 427 cm³/mol. The first-order chi connectivity index (χ1) is 50.7. The minimum Gasteiger partial charge on any atom is -0.462 e. The van der Waals surface area contributed by atoms with E-state index in [1.165, 1.54) is 96.3 Å². The van der Waals surface area contributed by atoms with Crippen molar-refractivity contribution < 1.29 is 80.2 Å². The molecule has 0 aliphatic rings. The molecule has 0 radical (unpaired) electrons. The Kier molecular flexibility index (Phi) is 74.2. The summed E-state index contributed by atoms with van der Waals surface area (Å²) in [4.78, 5) is 73.1. The van der Waals surface area contributed by atoms with Gasteiger partial charge in [0, 0.05) is 25.7 Å². The second-order valence-electron chi connectivity index (χ2n) is 27.7. The third-order valence-electron chi connectivity index (χ3n) is 17.5. The van der Waals surface area contributed by atoms with Gasteiger partial charge in [0.25, 0.3) is 0 Å². The van der Waals surface area contributed by atoms with E-state index in [4.69, 9.17) is 37.0 Å². The summed E-state index contributed by atoms with van der Waals surface area (Å²) in [6.45, 7) is 4.74. The minimum atomic E-state index is -4.98. The summed E-state index contributed by atoms with van der Waals surface area (Å²) in [5.74, 6) is -2.19. The Morgan fingerprint density at radius 3 is 0.808 bits per heavy atom. The topological polar surface area (TPSA) is 237 Å². The third kappa shape index (κ3) is 76.2. The number of ether oxygens (including phenoxy) is 4. The number of allylic oxidation sites excluding steroid dienone is 16. The van der Waals surface area contributed by atoms with Gasteiger partial charge in [-0.15, -0.1) is 0 Å². The van der Waals surface area contributed by atoms with Crippen LogP contribution in [-0.2, 0) is 65.4 Å². The van der Waals surface area contributed by atoms with E-state index in [2.05, 4.69) is 125 Å². The van der Waals surface area contributed by atoms with Crippen LogP contribution in [0.25, 0.3) is 0 Å². The van der Waals surface area contributed by atoms with Gasteiger partial charge in [-0.25, -0.2) is 9.13 Å². The van der Waals surface area contributed by atoms with E-state index >= 15 is 0 Å². The van der Waals surface area contributed by atoms with E-state index in [0.717, 1.165) is 186 Å². The molecular weight excluding hydrogens is 1350 g/mol. The van der Waals surface area contributed by atoms with E-state index in [1.54, 1.807) is 0 Å². The molecule has 0 saturated heterocycles. The van der Waals surface area contributed by atoms with Crippen LogP contribution in [0.3, 0.4) is 0 Å². The highest BCUT2D eigenvalue weighted by atomic mass is 31.2. The van der Waals surface area contributed by atoms with Crippen molar-refractivity contribution in [1.29, 1.82) is 0 Å². The molecule has 5 atom stereocenters. The standard InChI is InChI=1S/C85H150O17P2/c1-5-9-13-17-21-25-29-33-35-37-39-41-43-47-49-53-57-61-65-69-82(87)95-75-80(101-84(89)71-67-63-59-55-51-45-31-27-23-19-15-11-7-3)77-99-103(91,92)97-73-79(86)74-98-104(93,94)100-78-81(102-85(90)72-68-64-60-56-52-46-32-28-24-20-16-12-8-4)76-96-83(88)70-66-62-58-54-50-48-44-42-40-38-36-34-30-26-22-18-14-10-6-2/h9,13,21-22,25-26,28,32-36,39-42,79-81,86H,5-8,10-12,14-20,23-24,27,29-31,37-38,43-78H2,1-4H3,(H,91,92)(H,93,94)/b13-9-,25-21-,26-22-,32-28-,35-33-,36-34-,41-39-,42-40-. The number of esters is 4. The number of rotatable bonds is 78. The quantitative estimate of drug-likeness (QED) is 0.0169. The number of carbonyl (C=O) groups is 4. The monoisotopic (exact) mass is 1510 g/mol. The van der Waals surface area contributed by atoms with Gasteiger partial charge >= 0.3 is 39.5 Å². The smallest absolute Gasteiger partial charge is 0.462 e. The Hall–Kier alpha value is -4.02. The summed E-state index contributed by atoms with van der Waals surface area (Å²) in [5.41, 5.74) is 0. The highest BCUT2D eigenvalue weighted by molar-refractivity contribution is 7.47. The highest BCUT2D eigenvalue weighted by Gasteiger charge is 2.30. The van der Waals surface area contributed by atoms with E-state index in [1.807, 2.05) is 0 Å². The molecule has 0 saturated carbocycles. The Bertz CT molecular complexity index is 2350. The molecule has 0 rings (SSSR count). The number of unbranched alkanes of at least 4 members (excludes halogenated alkanes) is 36. The lowest BCUT2D eigenvalue weighted by Gasteiger charge is -2.21. The van der Waals surface area contributed by atoms with Gasteiger partial charge in [-0.2, -0.15) is 0 Å². The van der Waals surface area contributed by atoms with E-state index < -0.39 is 97.5 Å². The zero-order valence-corrected chi connectivity index (χ0v) is 67.7. The zero-order valence-electron chi connectivity index (χ0n) is 65.9. The van der Waals surface area contributed by atoms with Crippen LogP contribution in [0.15, 0.2) is 97.2 Å². The second kappa shape index (κ2) is 77.1. The molecule has 0 aromatic carbocycles. The summed E-state index contributed by atoms with van der Waals surface area (Å²) < 4.78 is 68.7. The molecule has 0 heterocycles. The number of phosphoric ester groups is 2. The first kappa shape index (κ1) is 100.0. The zero-order chi connectivity index (χ0) is 76.0. The van der Waals surface area contributed by atoms with Gasteiger partial charge in [-0.1, -0.05) is 305 Å². The van der Waals surface area contributed by atoms with Crippen molar-refractivity contribution in [2.75, 3.05) is 39.6 Å². The first-order valence-electron chi connectivity index (χ1n) is 41.5. The van der Waals surface area contributed by atoms with Gasteiger partial charge in [-0.3, -0.25) is 37.3 Å². The van der Waals surface area contributed by atoms with Crippen molar-refractivity contribution in [2.24, 2.45) is 0 Å². The molecule has 5 unspecified atom stereocenters. The number of hydrogen-bond donors (Lipinski definition) is 3. The second-order valence-corrected chi connectivity index (χ2v) is 30.6. The van der Waals surface area contributed by atoms with Crippen molar-refractivity contribution in [2.45, 2.75) is 380 Å². The lowest BCUT2D eigenvalue weighted by molar-refractivity contribution is -0.161. The van der Waals surface area contributed by atoms with Gasteiger partial charge in [0.2, 0.25) is 0 Å². The van der Waals surface area contributed by atoms with Crippen LogP contribution >= 0.6 is 15.6 Å². The SMILES string of the molecule is CC/C=C\C/C=C\C/C=C\C/C=C\CCCCCCCCC(=O)OCC(COP(=O)(O)OCC(O)COP(=O)(O)OCC(COC(=O)CCCCCCCC/C=C\C/C=C\C/C=C\CCCCC)OC(=O)CCCCCCC/C=C\CCCCCC)OC(=O)CCCCCCCCCCCCCCC. The highest BCUT2D eigenvalue weighted by Crippen LogP contribution is 2.45. The van der Waals surface area contributed by atoms with Crippen LogP contribution in [0.4, 0.5) is 0 Å². The lowest BCUT2D eigenvalue weighted by Crippen LogP contribution is -2.30. The normalized spacial score (nSPS) is 14.3. The van der Waals surface area contributed by atoms with E-state index in [0.29, 0.717) is 25.7 Å². The fourth-order valence-electron chi connectivity index (χ4n) is 11.2. The van der Waals surface area contributed by atoms with Crippen molar-refractivity contribution in [1.82, 2.24) is 0 Å². The number of carbonyl (C=O) groups excluding carboxylic acids is 4. The number of aliphatic hydroxyl groups excluding tert-OH is 1. The van der Waals surface area contributed by atoms with Crippen LogP contribution in [-0.4, -0.2) is 96.7 Å². The summed E-state index contributed by atoms with van der Waals surface area (Å²) in [7, 11) is -9.96. The van der Waals surface area contributed by atoms with Crippen LogP contribution < -0.4 is 0 Å². The predicted octanol–water partition coefficient (Wildman–Crippen LogP) is 24.3. The molecule has 0 bridgehead atoms. The molecule has 602 valence electrons. The molecule has 0 aromatic heterocycles. The maximum absolute atomic E-state index is 13.1. The molecule has 0 aliphatic heterocycles. The van der Waals surface area contributed by atoms with Crippen LogP contribution in [0, 0.1) is 0 Å². The van der Waals surface area contributed by atoms with Crippen molar-refractivity contribution in [3.05, 3.63) is 97.2 Å². The summed E-state index contributed by atoms with van der Waals surface area (Å²) >= 11 is 0. The number of phosphoric acid groups is 2. The van der Waals surface area contributed by atoms with Crippen molar-refractivity contribution in [3.63, 3.8) is 0 Å². The largest absolute Gasteiger partial charge is 0.472 e. The molecule has 0 amide bonds. The number of aliphatic hydroxyl groups is 1. The molecule has 0 aromatic rings. The average Bonchev–Trinajstić information content (AvgIpc) is 0.913. The third-order valence-corrected chi connectivity index (χ3v) is 19.4. The minimum absolute atomic E-state index is 0.0830. The average molecular weight is 1510 g/mol. The van der Waals surface area contributed by atoms with Crippen LogP contribution in [0.2, 0.25) is 0 Å². The molecule has 19 heteroatoms. The molecule has 104 heavy (non-hydrogen) atoms. The van der Waals surface area contributed by atoms with Crippen LogP contribution in [0.5, 0.6) is 0 Å². The van der Waals surface area contributed by atoms with Crippen molar-refractivity contribution >= 4 is 39.5 Å². The Labute approximate surface area is 633 Å². The van der Waals surface area contributed by atoms with Crippen LogP contribution in [0.1, 0.15) is 362 Å². The Morgan fingerprint density at radius 1 is 0.279 bits per heavy atom. The van der Waals surface area contributed by atoms with Gasteiger partial charge in [0.05, 0.1) is 26.4 Å². The van der Waals surface area contributed by atoms with Gasteiger partial charge in [0.1, 0.15) is 19.3 Å². The molecule has 0 spiro atoms. The molecule has 0 fully saturated rings. The van der Waals surface area contributed by atoms with Gasteiger partial charge in [0.15, 0.2) is 12.2 Å². The molecule has 3 N–H and O–H groups in total. The van der Waals surface area contributed by atoms with E-state index in [9.17, 15) is 43.2 Å². The Balaban J connectivity index is 5.33. The fourth-order valence-corrected chi connectivity index (χ4v) is 12.8. The Morgan fingerprint density at radius 2 is 0.500 bits per heavy atom. The first-order valence-corrected chi connectivity index (χ1v) is 44.5. The fraction of sp³-hybridized carbons (Fsp3) is 0.765. The molecular formula is C85H150O17P2. The van der Waals surface area contributed by atoms with E-state index in [-0.39, 0.29) is 25.7 Å². The van der Waals surface area contributed by atoms with Gasteiger partial charge in [-0.05, 0) is 128 Å². The maximum Gasteiger partial charge on any atom is 0.472 e. The van der Waals surface area contributed by atoms with Gasteiger partial charge < -0.3 is 33.8 Å². The summed E-state index contributed by atoms with van der Waals surface area (Å²) in [6, 6.07) is 0. The molecule has 17 nitrogen and oxygen atoms in total. The lowest BCUT2D eigenvalue weighted by atomic mass is 10.0. The summed E-state index contributed by atoms with van der Waals surface area (Å²) in [5, 5.41) is 10.6. The number of hydrogen-bond acceptors (Lipinski definition) is 15. The summed E-state index contributed by atoms with van der Waals surface area (Å²) in [6.07, 6.45) is 82.3. The molecule has 0 aliphatic carbocycles.